The van der Waals surface area contributed by atoms with Gasteiger partial charge in [-0.3, -0.25) is 0 Å². The average molecular weight is 563 g/mol. The van der Waals surface area contributed by atoms with E-state index in [1.807, 2.05) is 72.8 Å². The fourth-order valence-corrected chi connectivity index (χ4v) is 5.67. The monoisotopic (exact) mass is 562 g/mol. The maximum atomic E-state index is 5.25. The van der Waals surface area contributed by atoms with E-state index >= 15 is 0 Å². The summed E-state index contributed by atoms with van der Waals surface area (Å²) in [6.45, 7) is 0. The molecule has 0 amide bonds. The summed E-state index contributed by atoms with van der Waals surface area (Å²) in [7, 11) is 0. The van der Waals surface area contributed by atoms with Crippen LogP contribution in [0.15, 0.2) is 158 Å². The molecule has 5 aromatic carbocycles. The lowest BCUT2D eigenvalue weighted by Crippen LogP contribution is -1.98. The minimum atomic E-state index is 0.679. The number of rotatable bonds is 5. The third-order valence-electron chi connectivity index (χ3n) is 7.88. The molecule has 0 atom stereocenters. The largest absolute Gasteiger partial charge is 0.245 e. The highest BCUT2D eigenvalue weighted by atomic mass is 14.9. The second-order valence-electron chi connectivity index (χ2n) is 10.7. The zero-order valence-corrected chi connectivity index (χ0v) is 23.8. The molecule has 3 aromatic heterocycles. The first-order chi connectivity index (χ1) is 21.8. The van der Waals surface area contributed by atoms with Gasteiger partial charge in [0.15, 0.2) is 5.82 Å². The molecule has 0 aliphatic carbocycles. The van der Waals surface area contributed by atoms with Crippen molar-refractivity contribution in [3.8, 4) is 56.4 Å². The summed E-state index contributed by atoms with van der Waals surface area (Å²) in [5, 5.41) is 2.03. The van der Waals surface area contributed by atoms with Gasteiger partial charge in [0.2, 0.25) is 0 Å². The Morgan fingerprint density at radius 3 is 1.41 bits per heavy atom. The van der Waals surface area contributed by atoms with E-state index in [0.29, 0.717) is 5.82 Å². The normalized spacial score (nSPS) is 11.2. The molecule has 0 bridgehead atoms. The Kier molecular flexibility index (Phi) is 6.43. The minimum absolute atomic E-state index is 0.679. The average Bonchev–Trinajstić information content (AvgIpc) is 3.12. The van der Waals surface area contributed by atoms with Crippen LogP contribution in [0.2, 0.25) is 0 Å². The quantitative estimate of drug-likeness (QED) is 0.196. The SMILES string of the molecule is c1ccc(-c2cc(-c3cc(-c4ccccc4)nc4c3ccc3ccc(-c5ccccc5)nc34)nc(-c3ccccc3)n2)cc1. The second-order valence-corrected chi connectivity index (χ2v) is 10.7. The van der Waals surface area contributed by atoms with Gasteiger partial charge in [-0.25, -0.2) is 19.9 Å². The Labute approximate surface area is 255 Å². The second kappa shape index (κ2) is 11.0. The summed E-state index contributed by atoms with van der Waals surface area (Å²) in [4.78, 5) is 20.6. The Morgan fingerprint density at radius 1 is 0.318 bits per heavy atom. The summed E-state index contributed by atoms with van der Waals surface area (Å²) in [6.07, 6.45) is 0. The molecular weight excluding hydrogens is 536 g/mol. The fraction of sp³-hybridized carbons (Fsp3) is 0. The van der Waals surface area contributed by atoms with Gasteiger partial charge in [0.05, 0.1) is 33.8 Å². The summed E-state index contributed by atoms with van der Waals surface area (Å²) >= 11 is 0. The smallest absolute Gasteiger partial charge is 0.160 e. The molecule has 0 saturated carbocycles. The zero-order valence-electron chi connectivity index (χ0n) is 23.8. The molecule has 0 unspecified atom stereocenters. The number of nitrogens with zero attached hydrogens (tertiary/aromatic N) is 4. The van der Waals surface area contributed by atoms with Crippen LogP contribution in [0.5, 0.6) is 0 Å². The molecule has 0 spiro atoms. The lowest BCUT2D eigenvalue weighted by molar-refractivity contribution is 1.18. The molecule has 0 aliphatic heterocycles. The van der Waals surface area contributed by atoms with Crippen LogP contribution in [0.4, 0.5) is 0 Å². The predicted molar refractivity (Wildman–Crippen MR) is 180 cm³/mol. The molecule has 44 heavy (non-hydrogen) atoms. The van der Waals surface area contributed by atoms with E-state index < -0.39 is 0 Å². The van der Waals surface area contributed by atoms with Crippen molar-refractivity contribution in [2.45, 2.75) is 0 Å². The molecule has 4 heteroatoms. The van der Waals surface area contributed by atoms with Gasteiger partial charge in [0, 0.05) is 38.6 Å². The summed E-state index contributed by atoms with van der Waals surface area (Å²) in [5.41, 5.74) is 10.3. The van der Waals surface area contributed by atoms with Crippen molar-refractivity contribution < 1.29 is 0 Å². The molecule has 0 fully saturated rings. The maximum Gasteiger partial charge on any atom is 0.160 e. The number of aromatic nitrogens is 4. The van der Waals surface area contributed by atoms with Crippen molar-refractivity contribution in [1.29, 1.82) is 0 Å². The van der Waals surface area contributed by atoms with Crippen LogP contribution in [0.25, 0.3) is 78.2 Å². The number of hydrogen-bond acceptors (Lipinski definition) is 4. The highest BCUT2D eigenvalue weighted by Gasteiger charge is 2.17. The van der Waals surface area contributed by atoms with E-state index in [2.05, 4.69) is 84.9 Å². The first-order valence-electron chi connectivity index (χ1n) is 14.7. The van der Waals surface area contributed by atoms with E-state index in [9.17, 15) is 0 Å². The van der Waals surface area contributed by atoms with Crippen LogP contribution in [0.1, 0.15) is 0 Å². The van der Waals surface area contributed by atoms with Gasteiger partial charge in [0.1, 0.15) is 0 Å². The van der Waals surface area contributed by atoms with Crippen LogP contribution in [0.3, 0.4) is 0 Å². The van der Waals surface area contributed by atoms with Crippen molar-refractivity contribution in [2.75, 3.05) is 0 Å². The molecule has 3 heterocycles. The van der Waals surface area contributed by atoms with Crippen molar-refractivity contribution in [3.63, 3.8) is 0 Å². The number of fused-ring (bicyclic) bond motifs is 3. The molecule has 8 aromatic rings. The van der Waals surface area contributed by atoms with E-state index in [4.69, 9.17) is 19.9 Å². The summed E-state index contributed by atoms with van der Waals surface area (Å²) < 4.78 is 0. The van der Waals surface area contributed by atoms with Gasteiger partial charge in [-0.15, -0.1) is 0 Å². The van der Waals surface area contributed by atoms with Crippen molar-refractivity contribution in [2.24, 2.45) is 0 Å². The van der Waals surface area contributed by atoms with Crippen LogP contribution in [-0.2, 0) is 0 Å². The lowest BCUT2D eigenvalue weighted by Gasteiger charge is -2.14. The van der Waals surface area contributed by atoms with E-state index in [-0.39, 0.29) is 0 Å². The van der Waals surface area contributed by atoms with Gasteiger partial charge >= 0.3 is 0 Å². The molecule has 0 N–H and O–H groups in total. The molecule has 0 aliphatic rings. The first kappa shape index (κ1) is 25.7. The zero-order chi connectivity index (χ0) is 29.3. The van der Waals surface area contributed by atoms with Crippen LogP contribution < -0.4 is 0 Å². The van der Waals surface area contributed by atoms with E-state index in [1.165, 1.54) is 0 Å². The summed E-state index contributed by atoms with van der Waals surface area (Å²) in [5.74, 6) is 0.679. The maximum absolute atomic E-state index is 5.25. The van der Waals surface area contributed by atoms with E-state index in [1.54, 1.807) is 0 Å². The Balaban J connectivity index is 1.44. The molecule has 0 radical (unpaired) electrons. The van der Waals surface area contributed by atoms with Gasteiger partial charge in [-0.2, -0.15) is 0 Å². The van der Waals surface area contributed by atoms with Crippen molar-refractivity contribution in [1.82, 2.24) is 19.9 Å². The molecule has 0 saturated heterocycles. The van der Waals surface area contributed by atoms with Crippen LogP contribution in [-0.4, -0.2) is 19.9 Å². The fourth-order valence-electron chi connectivity index (χ4n) is 5.67. The number of hydrogen-bond donors (Lipinski definition) is 0. The third-order valence-corrected chi connectivity index (χ3v) is 7.88. The van der Waals surface area contributed by atoms with Crippen molar-refractivity contribution >= 4 is 21.8 Å². The molecule has 4 nitrogen and oxygen atoms in total. The minimum Gasteiger partial charge on any atom is -0.245 e. The topological polar surface area (TPSA) is 51.6 Å². The summed E-state index contributed by atoms with van der Waals surface area (Å²) in [6, 6.07) is 53.7. The van der Waals surface area contributed by atoms with Gasteiger partial charge in [-0.1, -0.05) is 140 Å². The highest BCUT2D eigenvalue weighted by Crippen LogP contribution is 2.37. The third kappa shape index (κ3) is 4.79. The molecular formula is C40H26N4. The molecule has 206 valence electrons. The first-order valence-corrected chi connectivity index (χ1v) is 14.7. The Morgan fingerprint density at radius 2 is 0.795 bits per heavy atom. The Bertz CT molecular complexity index is 2190. The van der Waals surface area contributed by atoms with Gasteiger partial charge < -0.3 is 0 Å². The van der Waals surface area contributed by atoms with Gasteiger partial charge in [-0.05, 0) is 18.2 Å². The lowest BCUT2D eigenvalue weighted by atomic mass is 9.98. The Hall–Kier alpha value is -6.00. The van der Waals surface area contributed by atoms with Crippen molar-refractivity contribution in [3.05, 3.63) is 158 Å². The van der Waals surface area contributed by atoms with Crippen LogP contribution in [0, 0.1) is 0 Å². The predicted octanol–water partition coefficient (Wildman–Crippen LogP) is 9.91. The molecule has 8 rings (SSSR count). The van der Waals surface area contributed by atoms with E-state index in [0.717, 1.165) is 72.4 Å². The number of benzene rings is 5. The van der Waals surface area contributed by atoms with Crippen LogP contribution >= 0.6 is 0 Å². The van der Waals surface area contributed by atoms with Gasteiger partial charge in [0.25, 0.3) is 0 Å². The highest BCUT2D eigenvalue weighted by molar-refractivity contribution is 6.09. The number of pyridine rings is 2. The standard InChI is InChI=1S/C40H26N4/c1-5-13-27(14-6-1)34-24-22-30-21-23-32-33(25-35(28-15-7-2-8-16-28)42-39(32)38(30)41-34)37-26-36(29-17-9-3-10-18-29)43-40(44-37)31-19-11-4-12-20-31/h1-26H.